The lowest BCUT2D eigenvalue weighted by Crippen LogP contribution is -2.16. The van der Waals surface area contributed by atoms with Gasteiger partial charge in [0.25, 0.3) is 0 Å². The molecule has 7 heteroatoms. The van der Waals surface area contributed by atoms with Gasteiger partial charge < -0.3 is 4.74 Å². The second kappa shape index (κ2) is 6.02. The molecule has 0 bridgehead atoms. The molecule has 1 aromatic rings. The fourth-order valence-electron chi connectivity index (χ4n) is 1.21. The fraction of sp³-hybridized carbons (Fsp3) is 0.400. The number of benzene rings is 1. The summed E-state index contributed by atoms with van der Waals surface area (Å²) < 4.78 is 40.3. The Morgan fingerprint density at radius 2 is 2.18 bits per heavy atom. The number of rotatable bonds is 5. The summed E-state index contributed by atoms with van der Waals surface area (Å²) >= 11 is 3.15. The van der Waals surface area contributed by atoms with E-state index in [4.69, 9.17) is 15.4 Å². The zero-order valence-corrected chi connectivity index (χ0v) is 12.1. The Bertz CT molecular complexity index is 492. The summed E-state index contributed by atoms with van der Waals surface area (Å²) in [7, 11) is 1.60. The van der Waals surface area contributed by atoms with Crippen LogP contribution in [0.4, 0.5) is 4.39 Å². The van der Waals surface area contributed by atoms with Crippen LogP contribution in [-0.4, -0.2) is 20.8 Å². The summed E-state index contributed by atoms with van der Waals surface area (Å²) in [4.78, 5) is 0. The lowest BCUT2D eigenvalue weighted by Gasteiger charge is -2.12. The Balaban J connectivity index is 2.56. The van der Waals surface area contributed by atoms with Gasteiger partial charge in [0.2, 0.25) is 9.05 Å². The van der Waals surface area contributed by atoms with E-state index in [1.54, 1.807) is 6.92 Å². The predicted molar refractivity (Wildman–Crippen MR) is 68.4 cm³/mol. The molecule has 0 radical (unpaired) electrons. The van der Waals surface area contributed by atoms with Crippen LogP contribution in [0.2, 0.25) is 0 Å². The van der Waals surface area contributed by atoms with E-state index in [1.807, 2.05) is 0 Å². The summed E-state index contributed by atoms with van der Waals surface area (Å²) in [5.74, 6) is -0.312. The molecule has 1 unspecified atom stereocenters. The summed E-state index contributed by atoms with van der Waals surface area (Å²) in [5, 5.41) is 0. The summed E-state index contributed by atoms with van der Waals surface area (Å²) in [5.41, 5.74) is 0. The molecule has 0 saturated carbocycles. The van der Waals surface area contributed by atoms with Crippen molar-refractivity contribution >= 4 is 35.7 Å². The maximum Gasteiger partial charge on any atom is 0.232 e. The molecule has 0 heterocycles. The van der Waals surface area contributed by atoms with Gasteiger partial charge in [0.15, 0.2) is 0 Å². The first-order valence-corrected chi connectivity index (χ1v) is 8.05. The van der Waals surface area contributed by atoms with Crippen molar-refractivity contribution in [3.63, 3.8) is 0 Å². The van der Waals surface area contributed by atoms with Gasteiger partial charge in [-0.3, -0.25) is 0 Å². The van der Waals surface area contributed by atoms with Crippen LogP contribution in [0.3, 0.4) is 0 Å². The highest BCUT2D eigenvalue weighted by Crippen LogP contribution is 2.26. The van der Waals surface area contributed by atoms with E-state index >= 15 is 0 Å². The molecule has 1 rings (SSSR count). The minimum absolute atomic E-state index is 0.159. The highest BCUT2D eigenvalue weighted by molar-refractivity contribution is 9.10. The number of halogens is 3. The first kappa shape index (κ1) is 14.7. The van der Waals surface area contributed by atoms with Crippen LogP contribution >= 0.6 is 26.6 Å². The van der Waals surface area contributed by atoms with Gasteiger partial charge in [-0.15, -0.1) is 0 Å². The van der Waals surface area contributed by atoms with Crippen LogP contribution in [0.15, 0.2) is 22.7 Å². The van der Waals surface area contributed by atoms with Crippen molar-refractivity contribution in [2.75, 3.05) is 12.4 Å². The molecule has 3 nitrogen and oxygen atoms in total. The maximum absolute atomic E-state index is 12.8. The second-order valence-corrected chi connectivity index (χ2v) is 7.37. The van der Waals surface area contributed by atoms with E-state index in [2.05, 4.69) is 15.9 Å². The smallest absolute Gasteiger partial charge is 0.232 e. The van der Waals surface area contributed by atoms with Gasteiger partial charge in [-0.2, -0.15) is 0 Å². The molecular weight excluding hydrogens is 335 g/mol. The summed E-state index contributed by atoms with van der Waals surface area (Å²) in [6.45, 7) is 1.90. The van der Waals surface area contributed by atoms with Crippen LogP contribution in [0.1, 0.15) is 6.92 Å². The highest BCUT2D eigenvalue weighted by atomic mass is 79.9. The highest BCUT2D eigenvalue weighted by Gasteiger charge is 2.14. The first-order chi connectivity index (χ1) is 7.78. The van der Waals surface area contributed by atoms with Crippen molar-refractivity contribution in [3.05, 3.63) is 28.5 Å². The van der Waals surface area contributed by atoms with E-state index < -0.39 is 9.05 Å². The Morgan fingerprint density at radius 3 is 2.71 bits per heavy atom. The summed E-state index contributed by atoms with van der Waals surface area (Å²) in [6, 6.07) is 4.02. The third-order valence-corrected chi connectivity index (χ3v) is 3.87. The van der Waals surface area contributed by atoms with Crippen LogP contribution in [-0.2, 0) is 9.05 Å². The molecule has 0 amide bonds. The predicted octanol–water partition coefficient (Wildman–Crippen LogP) is 3.17. The van der Waals surface area contributed by atoms with Crippen LogP contribution in [0, 0.1) is 11.7 Å². The minimum Gasteiger partial charge on any atom is -0.492 e. The molecule has 0 aliphatic carbocycles. The zero-order valence-electron chi connectivity index (χ0n) is 8.99. The molecule has 0 aromatic heterocycles. The third-order valence-electron chi connectivity index (χ3n) is 1.90. The van der Waals surface area contributed by atoms with Crippen molar-refractivity contribution < 1.29 is 17.5 Å². The van der Waals surface area contributed by atoms with Crippen LogP contribution in [0.25, 0.3) is 0 Å². The van der Waals surface area contributed by atoms with E-state index in [0.717, 1.165) is 0 Å². The molecular formula is C10H11BrClFO3S. The molecule has 0 aliphatic heterocycles. The molecule has 0 fully saturated rings. The second-order valence-electron chi connectivity index (χ2n) is 3.70. The Morgan fingerprint density at radius 1 is 1.53 bits per heavy atom. The Labute approximate surface area is 112 Å². The Hall–Kier alpha value is -0.330. The fourth-order valence-corrected chi connectivity index (χ4v) is 3.10. The zero-order chi connectivity index (χ0) is 13.1. The van der Waals surface area contributed by atoms with Crippen molar-refractivity contribution in [1.29, 1.82) is 0 Å². The first-order valence-electron chi connectivity index (χ1n) is 4.78. The van der Waals surface area contributed by atoms with Crippen molar-refractivity contribution in [2.24, 2.45) is 5.92 Å². The quantitative estimate of drug-likeness (QED) is 0.770. The van der Waals surface area contributed by atoms with Gasteiger partial charge in [0.05, 0.1) is 16.8 Å². The van der Waals surface area contributed by atoms with Gasteiger partial charge in [0, 0.05) is 16.6 Å². The Kier molecular flexibility index (Phi) is 5.22. The van der Waals surface area contributed by atoms with Gasteiger partial charge in [0.1, 0.15) is 11.6 Å². The van der Waals surface area contributed by atoms with E-state index in [1.165, 1.54) is 18.2 Å². The van der Waals surface area contributed by atoms with Crippen LogP contribution < -0.4 is 4.74 Å². The normalized spacial score (nSPS) is 13.4. The number of hydrogen-bond acceptors (Lipinski definition) is 3. The van der Waals surface area contributed by atoms with Crippen molar-refractivity contribution in [1.82, 2.24) is 0 Å². The molecule has 1 aromatic carbocycles. The van der Waals surface area contributed by atoms with Gasteiger partial charge in [-0.1, -0.05) is 6.92 Å². The molecule has 0 spiro atoms. The SMILES string of the molecule is CC(COc1ccc(F)cc1Br)CS(=O)(=O)Cl. The molecule has 96 valence electrons. The van der Waals surface area contributed by atoms with Gasteiger partial charge >= 0.3 is 0 Å². The van der Waals surface area contributed by atoms with Crippen molar-refractivity contribution in [3.8, 4) is 5.75 Å². The minimum atomic E-state index is -3.52. The molecule has 17 heavy (non-hydrogen) atoms. The third kappa shape index (κ3) is 5.70. The lowest BCUT2D eigenvalue weighted by atomic mass is 10.2. The van der Waals surface area contributed by atoms with Crippen molar-refractivity contribution in [2.45, 2.75) is 6.92 Å². The van der Waals surface area contributed by atoms with Gasteiger partial charge in [-0.05, 0) is 34.1 Å². The molecule has 1 atom stereocenters. The molecule has 0 N–H and O–H groups in total. The monoisotopic (exact) mass is 344 g/mol. The summed E-state index contributed by atoms with van der Waals surface area (Å²) in [6.07, 6.45) is 0. The maximum atomic E-state index is 12.8. The van der Waals surface area contributed by atoms with Gasteiger partial charge in [-0.25, -0.2) is 12.8 Å². The standard InChI is InChI=1S/C10H11BrClFO3S/c1-7(6-17(12,14)15)5-16-10-3-2-8(13)4-9(10)11/h2-4,7H,5-6H2,1H3. The van der Waals surface area contributed by atoms with E-state index in [0.29, 0.717) is 10.2 Å². The average Bonchev–Trinajstić information content (AvgIpc) is 2.13. The molecule has 0 saturated heterocycles. The largest absolute Gasteiger partial charge is 0.492 e. The average molecular weight is 346 g/mol. The number of ether oxygens (including phenoxy) is 1. The lowest BCUT2D eigenvalue weighted by molar-refractivity contribution is 0.270. The molecule has 0 aliphatic rings. The van der Waals surface area contributed by atoms with E-state index in [-0.39, 0.29) is 24.1 Å². The van der Waals surface area contributed by atoms with Crippen LogP contribution in [0.5, 0.6) is 5.75 Å². The van der Waals surface area contributed by atoms with E-state index in [9.17, 15) is 12.8 Å². The number of hydrogen-bond donors (Lipinski definition) is 0. The topological polar surface area (TPSA) is 43.4 Å².